The van der Waals surface area contributed by atoms with Crippen LogP contribution in [0.5, 0.6) is 5.88 Å². The lowest BCUT2D eigenvalue weighted by Crippen LogP contribution is -2.33. The lowest BCUT2D eigenvalue weighted by molar-refractivity contribution is -0.116. The Morgan fingerprint density at radius 3 is 2.95 bits per heavy atom. The Morgan fingerprint density at radius 2 is 2.19 bits per heavy atom. The molecule has 0 saturated heterocycles. The summed E-state index contributed by atoms with van der Waals surface area (Å²) in [5, 5.41) is 5.93. The minimum atomic E-state index is -0.308. The Balaban J connectivity index is 1.72. The second-order valence-electron chi connectivity index (χ2n) is 4.92. The van der Waals surface area contributed by atoms with Crippen LogP contribution in [0.15, 0.2) is 30.3 Å². The number of methoxy groups -OCH3 is 1. The number of anilines is 2. The monoisotopic (exact) mass is 284 g/mol. The minimum Gasteiger partial charge on any atom is -0.481 e. The lowest BCUT2D eigenvalue weighted by Gasteiger charge is -2.11. The van der Waals surface area contributed by atoms with E-state index in [9.17, 15) is 4.79 Å². The molecule has 0 saturated carbocycles. The van der Waals surface area contributed by atoms with Crippen LogP contribution in [0, 0.1) is 6.92 Å². The summed E-state index contributed by atoms with van der Waals surface area (Å²) in [4.78, 5) is 20.6. The number of para-hydroxylation sites is 1. The van der Waals surface area contributed by atoms with Crippen molar-refractivity contribution in [2.24, 2.45) is 0 Å². The third-order valence-electron chi connectivity index (χ3n) is 3.36. The zero-order chi connectivity index (χ0) is 14.8. The molecule has 0 spiro atoms. The molecule has 6 heteroatoms. The van der Waals surface area contributed by atoms with Gasteiger partial charge in [0.05, 0.1) is 7.11 Å². The highest BCUT2D eigenvalue weighted by molar-refractivity contribution is 5.96. The summed E-state index contributed by atoms with van der Waals surface area (Å²) in [6, 6.07) is 9.30. The first-order valence-electron chi connectivity index (χ1n) is 6.70. The Morgan fingerprint density at radius 1 is 1.38 bits per heavy atom. The summed E-state index contributed by atoms with van der Waals surface area (Å²) in [6.07, 6.45) is 0.658. The summed E-state index contributed by atoms with van der Waals surface area (Å²) in [7, 11) is 1.53. The number of nitrogens with one attached hydrogen (secondary N) is 2. The molecule has 1 amide bonds. The van der Waals surface area contributed by atoms with Crippen LogP contribution in [0.25, 0.3) is 0 Å². The third kappa shape index (κ3) is 2.79. The van der Waals surface area contributed by atoms with E-state index in [1.54, 1.807) is 6.07 Å². The van der Waals surface area contributed by atoms with Crippen molar-refractivity contribution >= 4 is 17.5 Å². The van der Waals surface area contributed by atoms with Crippen molar-refractivity contribution in [2.75, 3.05) is 17.7 Å². The molecule has 0 aliphatic carbocycles. The first-order valence-corrected chi connectivity index (χ1v) is 6.70. The van der Waals surface area contributed by atoms with Gasteiger partial charge >= 0.3 is 0 Å². The van der Waals surface area contributed by atoms with Crippen molar-refractivity contribution in [1.29, 1.82) is 0 Å². The van der Waals surface area contributed by atoms with Gasteiger partial charge in [0.15, 0.2) is 0 Å². The van der Waals surface area contributed by atoms with Crippen LogP contribution in [0.1, 0.15) is 11.3 Å². The van der Waals surface area contributed by atoms with Gasteiger partial charge in [-0.1, -0.05) is 18.2 Å². The number of aryl methyl sites for hydroxylation is 1. The number of nitrogens with zero attached hydrogens (tertiary/aromatic N) is 2. The molecule has 21 heavy (non-hydrogen) atoms. The van der Waals surface area contributed by atoms with Crippen LogP contribution in [0.4, 0.5) is 11.6 Å². The van der Waals surface area contributed by atoms with Gasteiger partial charge in [0, 0.05) is 23.9 Å². The smallest absolute Gasteiger partial charge is 0.249 e. The highest BCUT2D eigenvalue weighted by Crippen LogP contribution is 2.25. The fourth-order valence-electron chi connectivity index (χ4n) is 2.35. The molecule has 1 aromatic heterocycles. The van der Waals surface area contributed by atoms with E-state index in [0.717, 1.165) is 16.9 Å². The first kappa shape index (κ1) is 13.4. The number of ether oxygens (including phenoxy) is 1. The largest absolute Gasteiger partial charge is 0.481 e. The molecule has 2 heterocycles. The number of benzene rings is 1. The predicted molar refractivity (Wildman–Crippen MR) is 79.5 cm³/mol. The molecular formula is C15H16N4O2. The van der Waals surface area contributed by atoms with E-state index in [0.29, 0.717) is 12.3 Å². The maximum Gasteiger partial charge on any atom is 0.249 e. The van der Waals surface area contributed by atoms with Crippen LogP contribution < -0.4 is 15.4 Å². The number of amides is 1. The third-order valence-corrected chi connectivity index (χ3v) is 3.36. The van der Waals surface area contributed by atoms with Crippen molar-refractivity contribution in [3.05, 3.63) is 41.6 Å². The van der Waals surface area contributed by atoms with E-state index in [4.69, 9.17) is 4.74 Å². The molecule has 1 aromatic carbocycles. The van der Waals surface area contributed by atoms with Gasteiger partial charge in [0.25, 0.3) is 0 Å². The van der Waals surface area contributed by atoms with E-state index in [2.05, 4.69) is 20.6 Å². The number of rotatable bonds is 3. The van der Waals surface area contributed by atoms with Gasteiger partial charge in [-0.2, -0.15) is 4.98 Å². The van der Waals surface area contributed by atoms with Crippen LogP contribution in [0.2, 0.25) is 0 Å². The number of hydrogen-bond donors (Lipinski definition) is 2. The minimum absolute atomic E-state index is 0.154. The summed E-state index contributed by atoms with van der Waals surface area (Å²) in [5.41, 5.74) is 2.88. The molecule has 0 fully saturated rings. The van der Waals surface area contributed by atoms with Crippen molar-refractivity contribution in [3.8, 4) is 5.88 Å². The number of hydrogen-bond acceptors (Lipinski definition) is 5. The van der Waals surface area contributed by atoms with Crippen LogP contribution in [0.3, 0.4) is 0 Å². The Bertz CT molecular complexity index is 662. The van der Waals surface area contributed by atoms with Gasteiger partial charge in [-0.25, -0.2) is 4.98 Å². The highest BCUT2D eigenvalue weighted by Gasteiger charge is 2.26. The molecule has 1 aliphatic heterocycles. The topological polar surface area (TPSA) is 76.1 Å². The second-order valence-corrected chi connectivity index (χ2v) is 4.92. The average Bonchev–Trinajstić information content (AvgIpc) is 2.90. The predicted octanol–water partition coefficient (Wildman–Crippen LogP) is 1.77. The maximum atomic E-state index is 12.3. The standard InChI is InChI=1S/C15H16N4O2/c1-9-7-13(21-2)18-15(16-9)19-14(20)12-8-10-5-3-4-6-11(10)17-12/h3-7,12,17H,8H2,1-2H3,(H,16,18,19,20)/t12-/m0/s1. The van der Waals surface area contributed by atoms with Crippen molar-refractivity contribution < 1.29 is 9.53 Å². The number of carbonyl (C=O) groups is 1. The van der Waals surface area contributed by atoms with Gasteiger partial charge in [-0.05, 0) is 18.6 Å². The van der Waals surface area contributed by atoms with Crippen molar-refractivity contribution in [1.82, 2.24) is 9.97 Å². The molecule has 0 radical (unpaired) electrons. The van der Waals surface area contributed by atoms with Gasteiger partial charge in [-0.15, -0.1) is 0 Å². The van der Waals surface area contributed by atoms with E-state index in [-0.39, 0.29) is 17.9 Å². The Labute approximate surface area is 122 Å². The average molecular weight is 284 g/mol. The van der Waals surface area contributed by atoms with Gasteiger partial charge in [-0.3, -0.25) is 10.1 Å². The van der Waals surface area contributed by atoms with Crippen LogP contribution in [-0.4, -0.2) is 29.0 Å². The van der Waals surface area contributed by atoms with E-state index >= 15 is 0 Å². The quantitative estimate of drug-likeness (QED) is 0.898. The molecule has 3 rings (SSSR count). The molecule has 0 unspecified atom stereocenters. The van der Waals surface area contributed by atoms with Crippen molar-refractivity contribution in [3.63, 3.8) is 0 Å². The number of carbonyl (C=O) groups excluding carboxylic acids is 1. The molecule has 1 aliphatic rings. The molecule has 1 atom stereocenters. The lowest BCUT2D eigenvalue weighted by atomic mass is 10.1. The second kappa shape index (κ2) is 5.40. The first-order chi connectivity index (χ1) is 10.2. The molecule has 2 N–H and O–H groups in total. The summed E-state index contributed by atoms with van der Waals surface area (Å²) < 4.78 is 5.08. The Hall–Kier alpha value is -2.63. The maximum absolute atomic E-state index is 12.3. The SMILES string of the molecule is COc1cc(C)nc(NC(=O)[C@@H]2Cc3ccccc3N2)n1. The summed E-state index contributed by atoms with van der Waals surface area (Å²) in [5.74, 6) is 0.536. The van der Waals surface area contributed by atoms with Gasteiger partial charge < -0.3 is 10.1 Å². The molecule has 2 aromatic rings. The molecule has 6 nitrogen and oxygen atoms in total. The van der Waals surface area contributed by atoms with E-state index in [1.807, 2.05) is 31.2 Å². The number of fused-ring (bicyclic) bond motifs is 1. The van der Waals surface area contributed by atoms with Gasteiger partial charge in [0.2, 0.25) is 17.7 Å². The van der Waals surface area contributed by atoms with Gasteiger partial charge in [0.1, 0.15) is 6.04 Å². The van der Waals surface area contributed by atoms with Crippen molar-refractivity contribution in [2.45, 2.75) is 19.4 Å². The number of aromatic nitrogens is 2. The Kier molecular flexibility index (Phi) is 3.43. The zero-order valence-corrected chi connectivity index (χ0v) is 11.9. The van der Waals surface area contributed by atoms with Crippen LogP contribution >= 0.6 is 0 Å². The fourth-order valence-corrected chi connectivity index (χ4v) is 2.35. The summed E-state index contributed by atoms with van der Waals surface area (Å²) in [6.45, 7) is 1.82. The fraction of sp³-hybridized carbons (Fsp3) is 0.267. The van der Waals surface area contributed by atoms with Crippen LogP contribution in [-0.2, 0) is 11.2 Å². The highest BCUT2D eigenvalue weighted by atomic mass is 16.5. The molecular weight excluding hydrogens is 268 g/mol. The molecule has 0 bridgehead atoms. The van der Waals surface area contributed by atoms with E-state index < -0.39 is 0 Å². The summed E-state index contributed by atoms with van der Waals surface area (Å²) >= 11 is 0. The van der Waals surface area contributed by atoms with E-state index in [1.165, 1.54) is 7.11 Å². The normalized spacial score (nSPS) is 16.0. The zero-order valence-electron chi connectivity index (χ0n) is 11.9. The molecule has 108 valence electrons.